The van der Waals surface area contributed by atoms with E-state index in [0.29, 0.717) is 29.9 Å². The largest absolute Gasteiger partial charge is 0.309 e. The predicted molar refractivity (Wildman–Crippen MR) is 86.1 cm³/mol. The maximum atomic E-state index is 13.1. The van der Waals surface area contributed by atoms with Gasteiger partial charge in [-0.3, -0.25) is 0 Å². The lowest BCUT2D eigenvalue weighted by Gasteiger charge is -2.22. The highest BCUT2D eigenvalue weighted by Gasteiger charge is 2.38. The average Bonchev–Trinajstić information content (AvgIpc) is 3.06. The normalized spacial score (nSPS) is 27.4. The Morgan fingerprint density at radius 2 is 2.10 bits per heavy atom. The van der Waals surface area contributed by atoms with E-state index in [1.165, 1.54) is 12.8 Å². The number of nitrogens with zero attached hydrogens (tertiary/aromatic N) is 1. The third-order valence-electron chi connectivity index (χ3n) is 4.41. The number of thiophene rings is 1. The molecule has 1 saturated heterocycles. The molecule has 1 saturated carbocycles. The van der Waals surface area contributed by atoms with E-state index >= 15 is 0 Å². The van der Waals surface area contributed by atoms with Gasteiger partial charge in [0.05, 0.1) is 0 Å². The quantitative estimate of drug-likeness (QED) is 0.904. The van der Waals surface area contributed by atoms with Crippen LogP contribution in [0, 0.1) is 12.8 Å². The molecule has 1 aromatic rings. The van der Waals surface area contributed by atoms with E-state index in [1.807, 2.05) is 19.2 Å². The van der Waals surface area contributed by atoms with E-state index in [9.17, 15) is 8.42 Å². The van der Waals surface area contributed by atoms with Crippen molar-refractivity contribution in [3.63, 3.8) is 0 Å². The van der Waals surface area contributed by atoms with Gasteiger partial charge in [-0.1, -0.05) is 6.92 Å². The van der Waals surface area contributed by atoms with Crippen LogP contribution in [-0.2, 0) is 16.6 Å². The maximum absolute atomic E-state index is 13.1. The van der Waals surface area contributed by atoms with Gasteiger partial charge >= 0.3 is 0 Å². The molecule has 1 N–H and O–H groups in total. The van der Waals surface area contributed by atoms with E-state index in [1.54, 1.807) is 15.6 Å². The Kier molecular flexibility index (Phi) is 4.16. The molecule has 0 spiro atoms. The summed E-state index contributed by atoms with van der Waals surface area (Å²) in [6.07, 6.45) is 3.39. The minimum absolute atomic E-state index is 0.105. The van der Waals surface area contributed by atoms with E-state index in [-0.39, 0.29) is 6.04 Å². The third kappa shape index (κ3) is 3.04. The number of sulfonamides is 1. The molecule has 2 aliphatic rings. The van der Waals surface area contributed by atoms with Crippen LogP contribution in [0.1, 0.15) is 43.6 Å². The van der Waals surface area contributed by atoms with Crippen molar-refractivity contribution < 1.29 is 8.42 Å². The topological polar surface area (TPSA) is 49.4 Å². The van der Waals surface area contributed by atoms with Gasteiger partial charge in [-0.05, 0) is 50.0 Å². The molecule has 4 nitrogen and oxygen atoms in total. The van der Waals surface area contributed by atoms with Crippen molar-refractivity contribution in [3.05, 3.63) is 15.8 Å². The number of aryl methyl sites for hydroxylation is 1. The first-order valence-corrected chi connectivity index (χ1v) is 10.0. The molecule has 2 heterocycles. The fourth-order valence-corrected chi connectivity index (χ4v) is 6.67. The van der Waals surface area contributed by atoms with Crippen LogP contribution >= 0.6 is 11.3 Å². The number of rotatable bonds is 5. The molecule has 21 heavy (non-hydrogen) atoms. The summed E-state index contributed by atoms with van der Waals surface area (Å²) in [7, 11) is -3.36. The summed E-state index contributed by atoms with van der Waals surface area (Å²) in [4.78, 5) is 1.52. The van der Waals surface area contributed by atoms with Crippen molar-refractivity contribution in [1.29, 1.82) is 0 Å². The zero-order chi connectivity index (χ0) is 15.2. The summed E-state index contributed by atoms with van der Waals surface area (Å²) in [6, 6.07) is 0.697. The molecule has 0 bridgehead atoms. The molecule has 3 rings (SSSR count). The van der Waals surface area contributed by atoms with Gasteiger partial charge in [-0.25, -0.2) is 8.42 Å². The molecule has 2 unspecified atom stereocenters. The van der Waals surface area contributed by atoms with E-state index < -0.39 is 10.0 Å². The SMILES string of the molecule is Cc1csc(CNC2CC2)c1S(=O)(=O)N1CC(C)CC1C. The van der Waals surface area contributed by atoms with Crippen molar-refractivity contribution in [3.8, 4) is 0 Å². The Hall–Kier alpha value is -0.430. The second-order valence-electron chi connectivity index (χ2n) is 6.59. The van der Waals surface area contributed by atoms with E-state index in [4.69, 9.17) is 0 Å². The highest BCUT2D eigenvalue weighted by molar-refractivity contribution is 7.89. The zero-order valence-electron chi connectivity index (χ0n) is 12.9. The lowest BCUT2D eigenvalue weighted by atomic mass is 10.1. The fourth-order valence-electron chi connectivity index (χ4n) is 3.19. The molecule has 1 aliphatic heterocycles. The van der Waals surface area contributed by atoms with Crippen molar-refractivity contribution in [2.45, 2.75) is 63.6 Å². The Morgan fingerprint density at radius 1 is 1.38 bits per heavy atom. The first kappa shape index (κ1) is 15.5. The lowest BCUT2D eigenvalue weighted by molar-refractivity contribution is 0.405. The first-order chi connectivity index (χ1) is 9.89. The van der Waals surface area contributed by atoms with Gasteiger partial charge in [0.15, 0.2) is 0 Å². The van der Waals surface area contributed by atoms with E-state index in [2.05, 4.69) is 12.2 Å². The standard InChI is InChI=1S/C15H24N2O2S2/c1-10-6-12(3)17(8-10)21(18,19)15-11(2)9-20-14(15)7-16-13-4-5-13/h9-10,12-13,16H,4-8H2,1-3H3. The van der Waals surface area contributed by atoms with Gasteiger partial charge in [0.25, 0.3) is 0 Å². The van der Waals surface area contributed by atoms with Gasteiger partial charge in [0.1, 0.15) is 4.90 Å². The van der Waals surface area contributed by atoms with Gasteiger partial charge < -0.3 is 5.32 Å². The minimum Gasteiger partial charge on any atom is -0.309 e. The van der Waals surface area contributed by atoms with Crippen LogP contribution in [0.5, 0.6) is 0 Å². The van der Waals surface area contributed by atoms with Crippen molar-refractivity contribution in [2.24, 2.45) is 5.92 Å². The summed E-state index contributed by atoms with van der Waals surface area (Å²) in [5.74, 6) is 0.446. The Bertz CT molecular complexity index is 620. The van der Waals surface area contributed by atoms with Gasteiger partial charge in [0, 0.05) is 30.1 Å². The van der Waals surface area contributed by atoms with Crippen molar-refractivity contribution >= 4 is 21.4 Å². The van der Waals surface area contributed by atoms with Crippen LogP contribution in [0.15, 0.2) is 10.3 Å². The molecular formula is C15H24N2O2S2. The molecule has 118 valence electrons. The number of hydrogen-bond donors (Lipinski definition) is 1. The molecule has 0 amide bonds. The van der Waals surface area contributed by atoms with Gasteiger partial charge in [-0.2, -0.15) is 4.31 Å². The van der Waals surface area contributed by atoms with Crippen LogP contribution in [0.3, 0.4) is 0 Å². The monoisotopic (exact) mass is 328 g/mol. The van der Waals surface area contributed by atoms with Crippen LogP contribution in [0.25, 0.3) is 0 Å². The summed E-state index contributed by atoms with van der Waals surface area (Å²) >= 11 is 1.57. The summed E-state index contributed by atoms with van der Waals surface area (Å²) < 4.78 is 27.8. The molecule has 6 heteroatoms. The van der Waals surface area contributed by atoms with Crippen molar-refractivity contribution in [2.75, 3.05) is 6.54 Å². The van der Waals surface area contributed by atoms with Gasteiger partial charge in [0.2, 0.25) is 10.0 Å². The first-order valence-electron chi connectivity index (χ1n) is 7.71. The molecule has 0 aromatic carbocycles. The Labute approximate surface area is 131 Å². The average molecular weight is 329 g/mol. The van der Waals surface area contributed by atoms with Crippen LogP contribution in [0.2, 0.25) is 0 Å². The van der Waals surface area contributed by atoms with Crippen LogP contribution in [-0.4, -0.2) is 31.4 Å². The molecule has 1 aliphatic carbocycles. The fraction of sp³-hybridized carbons (Fsp3) is 0.733. The number of hydrogen-bond acceptors (Lipinski definition) is 4. The third-order valence-corrected chi connectivity index (χ3v) is 7.86. The molecule has 2 atom stereocenters. The van der Waals surface area contributed by atoms with Crippen LogP contribution in [0.4, 0.5) is 0 Å². The Balaban J connectivity index is 1.88. The second-order valence-corrected chi connectivity index (χ2v) is 9.38. The van der Waals surface area contributed by atoms with Gasteiger partial charge in [-0.15, -0.1) is 11.3 Å². The second kappa shape index (κ2) is 5.65. The van der Waals surface area contributed by atoms with Crippen molar-refractivity contribution in [1.82, 2.24) is 9.62 Å². The van der Waals surface area contributed by atoms with E-state index in [0.717, 1.165) is 16.9 Å². The molecule has 0 radical (unpaired) electrons. The molecular weight excluding hydrogens is 304 g/mol. The minimum atomic E-state index is -3.36. The molecule has 1 aromatic heterocycles. The predicted octanol–water partition coefficient (Wildman–Crippen LogP) is 2.73. The smallest absolute Gasteiger partial charge is 0.244 e. The summed E-state index contributed by atoms with van der Waals surface area (Å²) in [5, 5.41) is 5.41. The Morgan fingerprint density at radius 3 is 2.67 bits per heavy atom. The number of nitrogens with one attached hydrogen (secondary N) is 1. The summed E-state index contributed by atoms with van der Waals surface area (Å²) in [6.45, 7) is 7.38. The molecule has 2 fully saturated rings. The van der Waals surface area contributed by atoms with Crippen LogP contribution < -0.4 is 5.32 Å². The lowest BCUT2D eigenvalue weighted by Crippen LogP contribution is -2.35. The summed E-state index contributed by atoms with van der Waals surface area (Å²) in [5.41, 5.74) is 0.888. The zero-order valence-corrected chi connectivity index (χ0v) is 14.6. The highest BCUT2D eigenvalue weighted by atomic mass is 32.2. The maximum Gasteiger partial charge on any atom is 0.244 e. The highest BCUT2D eigenvalue weighted by Crippen LogP contribution is 2.35.